The molecule has 4 rings (SSSR count). The van der Waals surface area contributed by atoms with Crippen molar-refractivity contribution in [2.75, 3.05) is 14.1 Å². The number of carboxylic acids is 1. The van der Waals surface area contributed by atoms with Gasteiger partial charge in [0.05, 0.1) is 12.1 Å². The molecule has 0 amide bonds. The van der Waals surface area contributed by atoms with Crippen LogP contribution in [0, 0.1) is 10.6 Å². The van der Waals surface area contributed by atoms with Gasteiger partial charge in [0.15, 0.2) is 11.5 Å². The molecule has 0 saturated heterocycles. The molecule has 136 valence electrons. The van der Waals surface area contributed by atoms with Crippen molar-refractivity contribution in [2.45, 2.75) is 25.6 Å². The quantitative estimate of drug-likeness (QED) is 0.699. The minimum atomic E-state index is -1.33. The highest BCUT2D eigenvalue weighted by atomic mass is 32.1. The molecule has 0 aliphatic heterocycles. The molecule has 1 saturated carbocycles. The van der Waals surface area contributed by atoms with Crippen LogP contribution in [0.5, 0.6) is 0 Å². The molecule has 8 nitrogen and oxygen atoms in total. The van der Waals surface area contributed by atoms with Crippen LogP contribution in [0.1, 0.15) is 29.2 Å². The summed E-state index contributed by atoms with van der Waals surface area (Å²) >= 11 is 5.47. The van der Waals surface area contributed by atoms with Gasteiger partial charge in [-0.05, 0) is 45.2 Å². The second-order valence-corrected chi connectivity index (χ2v) is 7.07. The van der Waals surface area contributed by atoms with Gasteiger partial charge in [-0.1, -0.05) is 0 Å². The third kappa shape index (κ3) is 2.44. The van der Waals surface area contributed by atoms with Crippen molar-refractivity contribution in [1.29, 1.82) is 0 Å². The van der Waals surface area contributed by atoms with E-state index in [0.717, 1.165) is 18.9 Å². The lowest BCUT2D eigenvalue weighted by Gasteiger charge is -2.13. The van der Waals surface area contributed by atoms with Gasteiger partial charge in [0.25, 0.3) is 0 Å². The zero-order valence-electron chi connectivity index (χ0n) is 14.1. The van der Waals surface area contributed by atoms with E-state index < -0.39 is 17.2 Å². The van der Waals surface area contributed by atoms with Crippen molar-refractivity contribution in [3.05, 3.63) is 38.6 Å². The summed E-state index contributed by atoms with van der Waals surface area (Å²) in [5.74, 6) is -2.05. The molecule has 26 heavy (non-hydrogen) atoms. The molecule has 0 spiro atoms. The number of nitrogens with zero attached hydrogens (tertiary/aromatic N) is 5. The maximum Gasteiger partial charge on any atom is 0.341 e. The summed E-state index contributed by atoms with van der Waals surface area (Å²) < 4.78 is 19.5. The lowest BCUT2D eigenvalue weighted by atomic mass is 10.2. The molecule has 3 aromatic heterocycles. The van der Waals surface area contributed by atoms with Crippen molar-refractivity contribution in [2.24, 2.45) is 0 Å². The lowest BCUT2D eigenvalue weighted by molar-refractivity contribution is 0.0695. The molecule has 0 bridgehead atoms. The maximum absolute atomic E-state index is 14.7. The fourth-order valence-corrected chi connectivity index (χ4v) is 3.37. The Morgan fingerprint density at radius 2 is 2.15 bits per heavy atom. The first-order chi connectivity index (χ1) is 12.3. The Balaban J connectivity index is 2.20. The number of hydrogen-bond donors (Lipinski definition) is 1. The molecule has 1 fully saturated rings. The van der Waals surface area contributed by atoms with Crippen LogP contribution in [0.3, 0.4) is 0 Å². The molecule has 3 aromatic rings. The third-order valence-corrected chi connectivity index (χ3v) is 4.76. The van der Waals surface area contributed by atoms with E-state index in [1.807, 2.05) is 19.0 Å². The van der Waals surface area contributed by atoms with Crippen LogP contribution in [0.2, 0.25) is 0 Å². The molecule has 10 heteroatoms. The Morgan fingerprint density at radius 3 is 2.73 bits per heavy atom. The summed E-state index contributed by atoms with van der Waals surface area (Å²) in [6.45, 7) is 0.350. The SMILES string of the molecule is CN(C)Cn1nc2c(F)cc3c(=O)c(C(=O)O)cn(C4CC4)c3n2c1=S. The molecule has 0 unspecified atom stereocenters. The van der Waals surface area contributed by atoms with Gasteiger partial charge in [-0.2, -0.15) is 0 Å². The molecule has 1 aliphatic rings. The molecular weight excluding hydrogens is 361 g/mol. The van der Waals surface area contributed by atoms with E-state index in [1.165, 1.54) is 15.3 Å². The lowest BCUT2D eigenvalue weighted by Crippen LogP contribution is -2.20. The molecular formula is C16H16FN5O3S. The number of carboxylic acid groups (broad SMARTS) is 1. The fourth-order valence-electron chi connectivity index (χ4n) is 3.10. The highest BCUT2D eigenvalue weighted by Gasteiger charge is 2.29. The number of fused-ring (bicyclic) bond motifs is 3. The predicted molar refractivity (Wildman–Crippen MR) is 94.7 cm³/mol. The standard InChI is InChI=1S/C16H16FN5O3S/c1-19(2)7-21-16(26)22-13(18-21)11(17)5-9-12(23)10(15(24)25)6-20(14(9)22)8-3-4-8/h5-6,8H,3-4,7H2,1-2H3,(H,24,25). The average molecular weight is 377 g/mol. The Morgan fingerprint density at radius 1 is 1.46 bits per heavy atom. The summed E-state index contributed by atoms with van der Waals surface area (Å²) in [5, 5.41) is 13.6. The second-order valence-electron chi connectivity index (χ2n) is 6.71. The van der Waals surface area contributed by atoms with Crippen molar-refractivity contribution in [3.63, 3.8) is 0 Å². The number of carbonyl (C=O) groups is 1. The van der Waals surface area contributed by atoms with Crippen molar-refractivity contribution in [1.82, 2.24) is 23.6 Å². The summed E-state index contributed by atoms with van der Waals surface area (Å²) in [6, 6.07) is 1.11. The number of halogens is 1. The first-order valence-electron chi connectivity index (χ1n) is 8.04. The average Bonchev–Trinajstić information content (AvgIpc) is 3.34. The molecule has 1 aliphatic carbocycles. The summed E-state index contributed by atoms with van der Waals surface area (Å²) in [5.41, 5.74) is -0.710. The predicted octanol–water partition coefficient (Wildman–Crippen LogP) is 1.87. The minimum Gasteiger partial charge on any atom is -0.477 e. The van der Waals surface area contributed by atoms with E-state index in [1.54, 1.807) is 4.57 Å². The number of hydrogen-bond acceptors (Lipinski definition) is 5. The van der Waals surface area contributed by atoms with Gasteiger partial charge in [0.1, 0.15) is 11.2 Å². The fraction of sp³-hybridized carbons (Fsp3) is 0.375. The monoisotopic (exact) mass is 377 g/mol. The number of aromatic nitrogens is 4. The van der Waals surface area contributed by atoms with E-state index >= 15 is 0 Å². The van der Waals surface area contributed by atoms with Gasteiger partial charge in [-0.3, -0.25) is 9.69 Å². The first-order valence-corrected chi connectivity index (χ1v) is 8.45. The zero-order chi connectivity index (χ0) is 18.7. The number of aromatic carboxylic acids is 1. The third-order valence-electron chi connectivity index (χ3n) is 4.37. The van der Waals surface area contributed by atoms with Crippen molar-refractivity contribution in [3.8, 4) is 0 Å². The van der Waals surface area contributed by atoms with Crippen LogP contribution in [-0.4, -0.2) is 48.8 Å². The van der Waals surface area contributed by atoms with Crippen molar-refractivity contribution < 1.29 is 14.3 Å². The van der Waals surface area contributed by atoms with Gasteiger partial charge in [0.2, 0.25) is 10.2 Å². The number of pyridine rings is 2. The van der Waals surface area contributed by atoms with E-state index in [0.29, 0.717) is 12.3 Å². The van der Waals surface area contributed by atoms with Crippen LogP contribution in [-0.2, 0) is 6.67 Å². The number of rotatable bonds is 4. The zero-order valence-corrected chi connectivity index (χ0v) is 15.0. The van der Waals surface area contributed by atoms with Gasteiger partial charge in [-0.15, -0.1) is 5.10 Å². The van der Waals surface area contributed by atoms with Gasteiger partial charge in [0, 0.05) is 12.2 Å². The summed E-state index contributed by atoms with van der Waals surface area (Å²) in [7, 11) is 3.67. The van der Waals surface area contributed by atoms with Gasteiger partial charge in [-0.25, -0.2) is 18.3 Å². The van der Waals surface area contributed by atoms with Crippen molar-refractivity contribution >= 4 is 34.9 Å². The Bertz CT molecular complexity index is 1190. The minimum absolute atomic E-state index is 0.0118. The Kier molecular flexibility index (Phi) is 3.70. The van der Waals surface area contributed by atoms with Crippen LogP contribution in [0.15, 0.2) is 17.1 Å². The summed E-state index contributed by atoms with van der Waals surface area (Å²) in [4.78, 5) is 25.9. The van der Waals surface area contributed by atoms with E-state index in [2.05, 4.69) is 5.10 Å². The molecule has 1 N–H and O–H groups in total. The van der Waals surface area contributed by atoms with Crippen LogP contribution < -0.4 is 5.43 Å². The Hall–Kier alpha value is -2.59. The normalized spacial score (nSPS) is 14.6. The first kappa shape index (κ1) is 16.9. The second kappa shape index (κ2) is 5.71. The van der Waals surface area contributed by atoms with Crippen LogP contribution >= 0.6 is 12.2 Å². The highest BCUT2D eigenvalue weighted by Crippen LogP contribution is 2.37. The molecule has 0 radical (unpaired) electrons. The largest absolute Gasteiger partial charge is 0.477 e. The maximum atomic E-state index is 14.7. The smallest absolute Gasteiger partial charge is 0.341 e. The Labute approximate surface area is 151 Å². The van der Waals surface area contributed by atoms with Gasteiger partial charge >= 0.3 is 5.97 Å². The van der Waals surface area contributed by atoms with E-state index in [-0.39, 0.29) is 27.4 Å². The van der Waals surface area contributed by atoms with Crippen LogP contribution in [0.25, 0.3) is 16.7 Å². The highest BCUT2D eigenvalue weighted by molar-refractivity contribution is 7.71. The van der Waals surface area contributed by atoms with Crippen LogP contribution in [0.4, 0.5) is 4.39 Å². The molecule has 3 heterocycles. The van der Waals surface area contributed by atoms with E-state index in [4.69, 9.17) is 12.2 Å². The molecule has 0 atom stereocenters. The molecule has 0 aromatic carbocycles. The topological polar surface area (TPSA) is 84.8 Å². The van der Waals surface area contributed by atoms with Gasteiger partial charge < -0.3 is 9.67 Å². The summed E-state index contributed by atoms with van der Waals surface area (Å²) in [6.07, 6.45) is 3.04. The van der Waals surface area contributed by atoms with E-state index in [9.17, 15) is 19.1 Å².